The third-order valence-electron chi connectivity index (χ3n) is 3.85. The zero-order valence-electron chi connectivity index (χ0n) is 16.8. The van der Waals surface area contributed by atoms with Crippen molar-refractivity contribution < 1.29 is 23.4 Å². The predicted octanol–water partition coefficient (Wildman–Crippen LogP) is 5.00. The van der Waals surface area contributed by atoms with Gasteiger partial charge in [0.25, 0.3) is 0 Å². The molecule has 1 amide bonds. The van der Waals surface area contributed by atoms with Crippen molar-refractivity contribution in [2.45, 2.75) is 53.4 Å². The van der Waals surface area contributed by atoms with E-state index in [9.17, 15) is 13.6 Å². The minimum Gasteiger partial charge on any atom is -0.435 e. The topological polar surface area (TPSA) is 58.6 Å². The Kier molecular flexibility index (Phi) is 10.2. The standard InChI is InChI=1S/C14H21NO.C8H8F2O2/c1-10(2)9-14(16)15-12(4)13-7-5-11(3)6-8-13;9-8(10)12-7-3-1-2-6(4-7)5-11/h5-8,10,12H,9H2,1-4H3,(H,15,16);1-4,8,11H,5H2. The number of alkyl halides is 2. The highest BCUT2D eigenvalue weighted by atomic mass is 19.3. The van der Waals surface area contributed by atoms with E-state index in [-0.39, 0.29) is 24.3 Å². The maximum atomic E-state index is 11.7. The molecular formula is C22H29F2NO3. The van der Waals surface area contributed by atoms with Gasteiger partial charge in [0, 0.05) is 6.42 Å². The van der Waals surface area contributed by atoms with Crippen LogP contribution < -0.4 is 10.1 Å². The number of nitrogens with one attached hydrogen (secondary N) is 1. The number of carbonyl (C=O) groups is 1. The molecule has 0 fully saturated rings. The quantitative estimate of drug-likeness (QED) is 0.696. The number of ether oxygens (including phenoxy) is 1. The number of halogens is 2. The van der Waals surface area contributed by atoms with Gasteiger partial charge in [-0.25, -0.2) is 0 Å². The number of rotatable bonds is 7. The molecule has 0 aromatic heterocycles. The predicted molar refractivity (Wildman–Crippen MR) is 106 cm³/mol. The van der Waals surface area contributed by atoms with Crippen LogP contribution in [0.4, 0.5) is 8.78 Å². The average Bonchev–Trinajstić information content (AvgIpc) is 2.61. The van der Waals surface area contributed by atoms with E-state index in [1.54, 1.807) is 12.1 Å². The number of aryl methyl sites for hydroxylation is 1. The Morgan fingerprint density at radius 1 is 1.11 bits per heavy atom. The molecule has 0 aliphatic heterocycles. The third-order valence-corrected chi connectivity index (χ3v) is 3.85. The van der Waals surface area contributed by atoms with Gasteiger partial charge in [0.05, 0.1) is 12.6 Å². The van der Waals surface area contributed by atoms with E-state index in [1.165, 1.54) is 17.7 Å². The molecule has 0 aliphatic rings. The molecule has 0 heterocycles. The van der Waals surface area contributed by atoms with Crippen LogP contribution in [-0.2, 0) is 11.4 Å². The minimum absolute atomic E-state index is 0.0663. The van der Waals surface area contributed by atoms with Crippen molar-refractivity contribution in [1.82, 2.24) is 5.32 Å². The molecule has 0 saturated carbocycles. The summed E-state index contributed by atoms with van der Waals surface area (Å²) in [5, 5.41) is 11.7. The third kappa shape index (κ3) is 9.46. The van der Waals surface area contributed by atoms with Crippen molar-refractivity contribution in [3.63, 3.8) is 0 Å². The first-order chi connectivity index (χ1) is 13.2. The maximum Gasteiger partial charge on any atom is 0.387 e. The van der Waals surface area contributed by atoms with Gasteiger partial charge in [0.15, 0.2) is 0 Å². The first-order valence-corrected chi connectivity index (χ1v) is 9.21. The lowest BCUT2D eigenvalue weighted by molar-refractivity contribution is -0.122. The Balaban J connectivity index is 0.000000292. The smallest absolute Gasteiger partial charge is 0.387 e. The molecule has 1 unspecified atom stereocenters. The number of carbonyl (C=O) groups excluding carboxylic acids is 1. The van der Waals surface area contributed by atoms with Gasteiger partial charge in [0.1, 0.15) is 5.75 Å². The van der Waals surface area contributed by atoms with E-state index in [0.29, 0.717) is 17.9 Å². The van der Waals surface area contributed by atoms with Crippen LogP contribution in [0.1, 0.15) is 49.9 Å². The van der Waals surface area contributed by atoms with E-state index < -0.39 is 6.61 Å². The summed E-state index contributed by atoms with van der Waals surface area (Å²) in [4.78, 5) is 11.6. The van der Waals surface area contributed by atoms with E-state index in [1.807, 2.05) is 6.92 Å². The zero-order chi connectivity index (χ0) is 21.1. The summed E-state index contributed by atoms with van der Waals surface area (Å²) in [5.74, 6) is 0.602. The molecule has 6 heteroatoms. The number of hydrogen-bond donors (Lipinski definition) is 2. The fourth-order valence-electron chi connectivity index (χ4n) is 2.43. The second kappa shape index (κ2) is 12.1. The first kappa shape index (κ1) is 23.6. The molecule has 28 heavy (non-hydrogen) atoms. The Labute approximate surface area is 165 Å². The van der Waals surface area contributed by atoms with Gasteiger partial charge in [-0.2, -0.15) is 8.78 Å². The van der Waals surface area contributed by atoms with Gasteiger partial charge in [-0.05, 0) is 43.0 Å². The van der Waals surface area contributed by atoms with Crippen molar-refractivity contribution in [3.8, 4) is 5.75 Å². The van der Waals surface area contributed by atoms with Crippen LogP contribution in [0.5, 0.6) is 5.75 Å². The lowest BCUT2D eigenvalue weighted by Crippen LogP contribution is -2.27. The summed E-state index contributed by atoms with van der Waals surface area (Å²) < 4.78 is 27.5. The maximum absolute atomic E-state index is 11.7. The summed E-state index contributed by atoms with van der Waals surface area (Å²) >= 11 is 0. The van der Waals surface area contributed by atoms with Gasteiger partial charge < -0.3 is 15.2 Å². The number of hydrogen-bond acceptors (Lipinski definition) is 3. The van der Waals surface area contributed by atoms with E-state index in [0.717, 1.165) is 5.56 Å². The van der Waals surface area contributed by atoms with Gasteiger partial charge in [-0.3, -0.25) is 4.79 Å². The van der Waals surface area contributed by atoms with Crippen LogP contribution in [0.25, 0.3) is 0 Å². The lowest BCUT2D eigenvalue weighted by atomic mass is 10.1. The van der Waals surface area contributed by atoms with Crippen LogP contribution in [0.2, 0.25) is 0 Å². The first-order valence-electron chi connectivity index (χ1n) is 9.21. The second-order valence-corrected chi connectivity index (χ2v) is 6.98. The normalized spacial score (nSPS) is 11.6. The van der Waals surface area contributed by atoms with E-state index >= 15 is 0 Å². The fourth-order valence-corrected chi connectivity index (χ4v) is 2.43. The van der Waals surface area contributed by atoms with E-state index in [4.69, 9.17) is 5.11 Å². The largest absolute Gasteiger partial charge is 0.435 e. The summed E-state index contributed by atoms with van der Waals surface area (Å²) in [7, 11) is 0. The van der Waals surface area contributed by atoms with Crippen molar-refractivity contribution in [3.05, 3.63) is 65.2 Å². The molecule has 0 aliphatic carbocycles. The summed E-state index contributed by atoms with van der Waals surface area (Å²) in [5.41, 5.74) is 2.94. The molecule has 2 aromatic carbocycles. The number of aliphatic hydroxyl groups is 1. The molecular weight excluding hydrogens is 364 g/mol. The zero-order valence-corrected chi connectivity index (χ0v) is 16.8. The Bertz CT molecular complexity index is 718. The van der Waals surface area contributed by atoms with Crippen LogP contribution in [0, 0.1) is 12.8 Å². The minimum atomic E-state index is -2.82. The number of amides is 1. The molecule has 1 atom stereocenters. The molecule has 154 valence electrons. The highest BCUT2D eigenvalue weighted by Gasteiger charge is 2.10. The van der Waals surface area contributed by atoms with Crippen molar-refractivity contribution in [1.29, 1.82) is 0 Å². The molecule has 2 rings (SSSR count). The highest BCUT2D eigenvalue weighted by Crippen LogP contribution is 2.15. The van der Waals surface area contributed by atoms with Crippen LogP contribution in [0.15, 0.2) is 48.5 Å². The van der Waals surface area contributed by atoms with Crippen molar-refractivity contribution in [2.75, 3.05) is 0 Å². The molecule has 0 radical (unpaired) electrons. The number of aliphatic hydroxyl groups excluding tert-OH is 1. The van der Waals surface area contributed by atoms with Crippen LogP contribution in [0.3, 0.4) is 0 Å². The summed E-state index contributed by atoms with van der Waals surface area (Å²) in [6.45, 7) is 5.18. The summed E-state index contributed by atoms with van der Waals surface area (Å²) in [6, 6.07) is 14.3. The van der Waals surface area contributed by atoms with Crippen LogP contribution >= 0.6 is 0 Å². The van der Waals surface area contributed by atoms with E-state index in [2.05, 4.69) is 55.1 Å². The molecule has 0 bridgehead atoms. The van der Waals surface area contributed by atoms with Gasteiger partial charge in [0.2, 0.25) is 5.91 Å². The SMILES string of the molecule is Cc1ccc(C(C)NC(=O)CC(C)C)cc1.OCc1cccc(OC(F)F)c1. The van der Waals surface area contributed by atoms with Crippen molar-refractivity contribution in [2.24, 2.45) is 5.92 Å². The Morgan fingerprint density at radius 2 is 1.75 bits per heavy atom. The fraction of sp³-hybridized carbons (Fsp3) is 0.409. The molecule has 2 aromatic rings. The number of benzene rings is 2. The monoisotopic (exact) mass is 393 g/mol. The summed E-state index contributed by atoms with van der Waals surface area (Å²) in [6.07, 6.45) is 0.593. The Morgan fingerprint density at radius 3 is 2.29 bits per heavy atom. The second-order valence-electron chi connectivity index (χ2n) is 6.98. The van der Waals surface area contributed by atoms with Gasteiger partial charge in [-0.1, -0.05) is 55.8 Å². The molecule has 0 saturated heterocycles. The average molecular weight is 393 g/mol. The Hall–Kier alpha value is -2.47. The highest BCUT2D eigenvalue weighted by molar-refractivity contribution is 5.76. The molecule has 4 nitrogen and oxygen atoms in total. The van der Waals surface area contributed by atoms with Gasteiger partial charge >= 0.3 is 6.61 Å². The lowest BCUT2D eigenvalue weighted by Gasteiger charge is -2.15. The molecule has 2 N–H and O–H groups in total. The molecule has 0 spiro atoms. The van der Waals surface area contributed by atoms with Crippen molar-refractivity contribution >= 4 is 5.91 Å². The van der Waals surface area contributed by atoms with Gasteiger partial charge in [-0.15, -0.1) is 0 Å². The van der Waals surface area contributed by atoms with Crippen LogP contribution in [-0.4, -0.2) is 17.6 Å².